The van der Waals surface area contributed by atoms with Gasteiger partial charge in [-0.2, -0.15) is 5.06 Å². The van der Waals surface area contributed by atoms with Crippen molar-refractivity contribution in [2.24, 2.45) is 5.73 Å². The molecule has 30 heavy (non-hydrogen) atoms. The van der Waals surface area contributed by atoms with Gasteiger partial charge >= 0.3 is 5.97 Å². The van der Waals surface area contributed by atoms with E-state index in [9.17, 15) is 4.79 Å². The topological polar surface area (TPSA) is 102 Å². The maximum absolute atomic E-state index is 11.9. The minimum absolute atomic E-state index is 0.121. The molecule has 0 aromatic carbocycles. The summed E-state index contributed by atoms with van der Waals surface area (Å²) in [6.07, 6.45) is 5.81. The van der Waals surface area contributed by atoms with Gasteiger partial charge in [0.1, 0.15) is 12.2 Å². The van der Waals surface area contributed by atoms with E-state index in [0.29, 0.717) is 39.4 Å². The second kappa shape index (κ2) is 21.4. The lowest BCUT2D eigenvalue weighted by Crippen LogP contribution is -2.36. The Bertz CT molecular complexity index is 376. The van der Waals surface area contributed by atoms with E-state index in [1.807, 2.05) is 5.06 Å². The first-order valence-electron chi connectivity index (χ1n) is 10.9. The molecule has 180 valence electrons. The molecule has 0 amide bonds. The monoisotopic (exact) mass is 436 g/mol. The standard InChI is InChI=1S/C21H44N2O7/c1-25-15-19(16-26-2)29-21(24)11-8-6-5-7-9-13-23(14-10-12-22)30-20(17-27-3)18-28-4/h19-20H,5-18,22H2,1-4H3. The highest BCUT2D eigenvalue weighted by Crippen LogP contribution is 2.10. The van der Waals surface area contributed by atoms with Gasteiger partial charge in [-0.3, -0.25) is 9.63 Å². The lowest BCUT2D eigenvalue weighted by molar-refractivity contribution is -0.220. The van der Waals surface area contributed by atoms with Crippen molar-refractivity contribution >= 4 is 5.97 Å². The van der Waals surface area contributed by atoms with Crippen LogP contribution in [0.25, 0.3) is 0 Å². The smallest absolute Gasteiger partial charge is 0.306 e. The van der Waals surface area contributed by atoms with Crippen LogP contribution in [0.5, 0.6) is 0 Å². The molecule has 0 aliphatic heterocycles. The molecule has 0 aromatic rings. The van der Waals surface area contributed by atoms with Crippen molar-refractivity contribution in [2.75, 3.05) is 74.5 Å². The van der Waals surface area contributed by atoms with Crippen LogP contribution >= 0.6 is 0 Å². The number of carbonyl (C=O) groups is 1. The van der Waals surface area contributed by atoms with Crippen LogP contribution in [0.15, 0.2) is 0 Å². The van der Waals surface area contributed by atoms with Gasteiger partial charge in [0.05, 0.1) is 26.4 Å². The van der Waals surface area contributed by atoms with E-state index in [2.05, 4.69) is 0 Å². The molecule has 0 bridgehead atoms. The molecule has 0 saturated heterocycles. The Morgan fingerprint density at radius 1 is 0.733 bits per heavy atom. The molecule has 0 radical (unpaired) electrons. The van der Waals surface area contributed by atoms with E-state index in [-0.39, 0.29) is 18.2 Å². The average molecular weight is 437 g/mol. The first kappa shape index (κ1) is 29.2. The molecule has 0 aliphatic rings. The van der Waals surface area contributed by atoms with Crippen molar-refractivity contribution in [1.82, 2.24) is 5.06 Å². The molecule has 9 nitrogen and oxygen atoms in total. The van der Waals surface area contributed by atoms with Crippen molar-refractivity contribution in [3.63, 3.8) is 0 Å². The van der Waals surface area contributed by atoms with Crippen molar-refractivity contribution < 1.29 is 33.3 Å². The fraction of sp³-hybridized carbons (Fsp3) is 0.952. The Balaban J connectivity index is 4.00. The van der Waals surface area contributed by atoms with Crippen LogP contribution in [0.4, 0.5) is 0 Å². The Kier molecular flexibility index (Phi) is 20.8. The minimum Gasteiger partial charge on any atom is -0.457 e. The molecule has 0 fully saturated rings. The Morgan fingerprint density at radius 2 is 1.23 bits per heavy atom. The fourth-order valence-electron chi connectivity index (χ4n) is 3.00. The molecule has 0 aliphatic carbocycles. The van der Waals surface area contributed by atoms with Crippen molar-refractivity contribution in [1.29, 1.82) is 0 Å². The lowest BCUT2D eigenvalue weighted by Gasteiger charge is -2.27. The van der Waals surface area contributed by atoms with Crippen LogP contribution < -0.4 is 5.73 Å². The van der Waals surface area contributed by atoms with Crippen LogP contribution in [0, 0.1) is 0 Å². The number of unbranched alkanes of at least 4 members (excludes halogenated alkanes) is 4. The van der Waals surface area contributed by atoms with Crippen molar-refractivity contribution in [3.05, 3.63) is 0 Å². The van der Waals surface area contributed by atoms with E-state index in [4.69, 9.17) is 34.3 Å². The van der Waals surface area contributed by atoms with Gasteiger partial charge in [-0.1, -0.05) is 19.3 Å². The number of nitrogens with zero attached hydrogens (tertiary/aromatic N) is 1. The zero-order valence-corrected chi connectivity index (χ0v) is 19.4. The summed E-state index contributed by atoms with van der Waals surface area (Å²) in [5.41, 5.74) is 5.64. The highest BCUT2D eigenvalue weighted by atomic mass is 16.7. The van der Waals surface area contributed by atoms with Gasteiger partial charge in [-0.05, 0) is 25.8 Å². The maximum Gasteiger partial charge on any atom is 0.306 e. The number of esters is 1. The SMILES string of the molecule is COCC(COC)OC(=O)CCCCCCCN(CCCN)OC(COC)COC. The molecule has 0 spiro atoms. The Morgan fingerprint density at radius 3 is 1.80 bits per heavy atom. The van der Waals surface area contributed by atoms with Gasteiger partial charge in [-0.25, -0.2) is 0 Å². The molecule has 0 heterocycles. The molecule has 9 heteroatoms. The number of hydroxylamine groups is 2. The van der Waals surface area contributed by atoms with E-state index in [1.54, 1.807) is 28.4 Å². The second-order valence-electron chi connectivity index (χ2n) is 7.25. The number of rotatable bonds is 22. The van der Waals surface area contributed by atoms with Gasteiger partial charge in [0, 0.05) is 47.9 Å². The lowest BCUT2D eigenvalue weighted by atomic mass is 10.1. The third kappa shape index (κ3) is 16.9. The van der Waals surface area contributed by atoms with Gasteiger partial charge in [0.15, 0.2) is 0 Å². The summed E-state index contributed by atoms with van der Waals surface area (Å²) in [6, 6.07) is 0. The van der Waals surface area contributed by atoms with Crippen molar-refractivity contribution in [3.8, 4) is 0 Å². The minimum atomic E-state index is -0.341. The molecule has 2 N–H and O–H groups in total. The summed E-state index contributed by atoms with van der Waals surface area (Å²) in [4.78, 5) is 17.9. The number of carbonyl (C=O) groups excluding carboxylic acids is 1. The summed E-state index contributed by atoms with van der Waals surface area (Å²) < 4.78 is 25.8. The molecule has 0 unspecified atom stereocenters. The summed E-state index contributed by atoms with van der Waals surface area (Å²) in [7, 11) is 6.46. The third-order valence-electron chi connectivity index (χ3n) is 4.41. The van der Waals surface area contributed by atoms with E-state index < -0.39 is 0 Å². The summed E-state index contributed by atoms with van der Waals surface area (Å²) >= 11 is 0. The summed E-state index contributed by atoms with van der Waals surface area (Å²) in [5, 5.41) is 1.97. The first-order valence-corrected chi connectivity index (χ1v) is 10.9. The largest absolute Gasteiger partial charge is 0.457 e. The number of methoxy groups -OCH3 is 4. The molecule has 0 rings (SSSR count). The maximum atomic E-state index is 11.9. The summed E-state index contributed by atoms with van der Waals surface area (Å²) in [6.45, 7) is 3.91. The second-order valence-corrected chi connectivity index (χ2v) is 7.25. The molecule has 0 aromatic heterocycles. The van der Waals surface area contributed by atoms with Gasteiger partial charge < -0.3 is 29.4 Å². The quantitative estimate of drug-likeness (QED) is 0.155. The number of hydrogen-bond donors (Lipinski definition) is 1. The van der Waals surface area contributed by atoms with Crippen LogP contribution in [0.2, 0.25) is 0 Å². The number of ether oxygens (including phenoxy) is 5. The molecule has 0 atom stereocenters. The van der Waals surface area contributed by atoms with Gasteiger partial charge in [0.2, 0.25) is 0 Å². The van der Waals surface area contributed by atoms with Crippen LogP contribution in [0.1, 0.15) is 44.9 Å². The molecular formula is C21H44N2O7. The van der Waals surface area contributed by atoms with Crippen LogP contribution in [-0.4, -0.2) is 97.7 Å². The Labute approximate surface area is 182 Å². The zero-order valence-electron chi connectivity index (χ0n) is 19.4. The fourth-order valence-corrected chi connectivity index (χ4v) is 3.00. The van der Waals surface area contributed by atoms with Crippen LogP contribution in [-0.2, 0) is 33.3 Å². The molecule has 0 saturated carbocycles. The summed E-state index contributed by atoms with van der Waals surface area (Å²) in [5.74, 6) is -0.196. The predicted octanol–water partition coefficient (Wildman–Crippen LogP) is 1.78. The third-order valence-corrected chi connectivity index (χ3v) is 4.41. The average Bonchev–Trinajstić information content (AvgIpc) is 2.71. The first-order chi connectivity index (χ1) is 14.6. The van der Waals surface area contributed by atoms with E-state index in [0.717, 1.165) is 51.6 Å². The van der Waals surface area contributed by atoms with Gasteiger partial charge in [0.25, 0.3) is 0 Å². The van der Waals surface area contributed by atoms with Crippen LogP contribution in [0.3, 0.4) is 0 Å². The zero-order chi connectivity index (χ0) is 22.5. The number of nitrogens with two attached hydrogens (primary N) is 1. The predicted molar refractivity (Wildman–Crippen MR) is 115 cm³/mol. The molecular weight excluding hydrogens is 392 g/mol. The van der Waals surface area contributed by atoms with E-state index >= 15 is 0 Å². The normalized spacial score (nSPS) is 11.7. The Hall–Kier alpha value is -0.810. The van der Waals surface area contributed by atoms with Gasteiger partial charge in [-0.15, -0.1) is 0 Å². The number of hydrogen-bond acceptors (Lipinski definition) is 9. The van der Waals surface area contributed by atoms with E-state index in [1.165, 1.54) is 0 Å². The highest BCUT2D eigenvalue weighted by Gasteiger charge is 2.15. The van der Waals surface area contributed by atoms with Crippen molar-refractivity contribution in [2.45, 2.75) is 57.2 Å². The highest BCUT2D eigenvalue weighted by molar-refractivity contribution is 5.69.